The lowest BCUT2D eigenvalue weighted by Gasteiger charge is -2.06. The molecular formula is C13H14N6O. The van der Waals surface area contributed by atoms with E-state index in [4.69, 9.17) is 11.5 Å². The number of fused-ring (bicyclic) bond motifs is 1. The fourth-order valence-electron chi connectivity index (χ4n) is 2.31. The molecule has 0 fully saturated rings. The molecule has 7 heteroatoms. The SMILES string of the molecule is Cc1c(N)c2ccccc2n1C(=O)Cn1cc(N)nn1. The number of nitrogens with two attached hydrogens (primary N) is 2. The van der Waals surface area contributed by atoms with Crippen LogP contribution in [0.2, 0.25) is 0 Å². The smallest absolute Gasteiger partial charge is 0.253 e. The zero-order valence-corrected chi connectivity index (χ0v) is 10.9. The summed E-state index contributed by atoms with van der Waals surface area (Å²) in [7, 11) is 0. The monoisotopic (exact) mass is 270 g/mol. The predicted octanol–water partition coefficient (Wildman–Crippen LogP) is 1.05. The molecule has 0 bridgehead atoms. The molecule has 2 heterocycles. The van der Waals surface area contributed by atoms with E-state index in [9.17, 15) is 4.79 Å². The van der Waals surface area contributed by atoms with E-state index in [1.165, 1.54) is 10.9 Å². The van der Waals surface area contributed by atoms with Gasteiger partial charge in [-0.05, 0) is 13.0 Å². The number of carbonyl (C=O) groups excluding carboxylic acids is 1. The molecule has 0 unspecified atom stereocenters. The lowest BCUT2D eigenvalue weighted by atomic mass is 10.2. The fourth-order valence-corrected chi connectivity index (χ4v) is 2.31. The minimum absolute atomic E-state index is 0.0587. The second-order valence-corrected chi connectivity index (χ2v) is 4.59. The van der Waals surface area contributed by atoms with E-state index in [1.54, 1.807) is 4.57 Å². The van der Waals surface area contributed by atoms with Crippen molar-refractivity contribution in [3.63, 3.8) is 0 Å². The number of anilines is 2. The molecule has 3 aromatic rings. The van der Waals surface area contributed by atoms with Crippen molar-refractivity contribution in [1.29, 1.82) is 0 Å². The Kier molecular flexibility index (Phi) is 2.67. The molecule has 0 aliphatic carbocycles. The molecule has 0 atom stereocenters. The van der Waals surface area contributed by atoms with Gasteiger partial charge in [-0.3, -0.25) is 9.36 Å². The van der Waals surface area contributed by atoms with Crippen LogP contribution in [0.5, 0.6) is 0 Å². The maximum Gasteiger partial charge on any atom is 0.253 e. The Morgan fingerprint density at radius 2 is 2.05 bits per heavy atom. The Morgan fingerprint density at radius 3 is 2.75 bits per heavy atom. The highest BCUT2D eigenvalue weighted by Gasteiger charge is 2.17. The second kappa shape index (κ2) is 4.37. The van der Waals surface area contributed by atoms with E-state index in [0.717, 1.165) is 16.6 Å². The molecule has 7 nitrogen and oxygen atoms in total. The molecule has 0 aliphatic heterocycles. The number of carbonyl (C=O) groups is 1. The van der Waals surface area contributed by atoms with Crippen LogP contribution in [0, 0.1) is 6.92 Å². The summed E-state index contributed by atoms with van der Waals surface area (Å²) in [4.78, 5) is 12.4. The minimum atomic E-state index is -0.139. The molecule has 1 aromatic carbocycles. The summed E-state index contributed by atoms with van der Waals surface area (Å²) in [6, 6.07) is 7.53. The van der Waals surface area contributed by atoms with Crippen LogP contribution in [-0.2, 0) is 6.54 Å². The van der Waals surface area contributed by atoms with Crippen molar-refractivity contribution in [2.24, 2.45) is 0 Å². The molecule has 3 rings (SSSR count). The Labute approximate surface area is 114 Å². The number of benzene rings is 1. The molecule has 102 valence electrons. The zero-order valence-electron chi connectivity index (χ0n) is 10.9. The van der Waals surface area contributed by atoms with Gasteiger partial charge in [0.05, 0.1) is 17.4 Å². The lowest BCUT2D eigenvalue weighted by Crippen LogP contribution is -2.19. The van der Waals surface area contributed by atoms with Gasteiger partial charge in [0.2, 0.25) is 0 Å². The number of para-hydroxylation sites is 1. The molecule has 0 saturated carbocycles. The third-order valence-electron chi connectivity index (χ3n) is 3.26. The van der Waals surface area contributed by atoms with E-state index in [2.05, 4.69) is 10.3 Å². The maximum atomic E-state index is 12.4. The van der Waals surface area contributed by atoms with E-state index in [-0.39, 0.29) is 18.3 Å². The normalized spacial score (nSPS) is 11.1. The van der Waals surface area contributed by atoms with Crippen LogP contribution in [-0.4, -0.2) is 25.5 Å². The first-order valence-electron chi connectivity index (χ1n) is 6.12. The van der Waals surface area contributed by atoms with E-state index < -0.39 is 0 Å². The molecule has 0 aliphatic rings. The van der Waals surface area contributed by atoms with Crippen molar-refractivity contribution in [2.75, 3.05) is 11.5 Å². The van der Waals surface area contributed by atoms with E-state index in [0.29, 0.717) is 5.69 Å². The highest BCUT2D eigenvalue weighted by atomic mass is 16.2. The van der Waals surface area contributed by atoms with Crippen LogP contribution < -0.4 is 11.5 Å². The highest BCUT2D eigenvalue weighted by Crippen LogP contribution is 2.27. The Hall–Kier alpha value is -2.83. The summed E-state index contributed by atoms with van der Waals surface area (Å²) >= 11 is 0. The molecule has 20 heavy (non-hydrogen) atoms. The van der Waals surface area contributed by atoms with Crippen molar-refractivity contribution in [1.82, 2.24) is 19.6 Å². The number of aromatic nitrogens is 4. The third-order valence-corrected chi connectivity index (χ3v) is 3.26. The van der Waals surface area contributed by atoms with Crippen molar-refractivity contribution in [3.8, 4) is 0 Å². The second-order valence-electron chi connectivity index (χ2n) is 4.59. The number of nitrogens with zero attached hydrogens (tertiary/aromatic N) is 4. The van der Waals surface area contributed by atoms with Gasteiger partial charge < -0.3 is 11.5 Å². The quantitative estimate of drug-likeness (QED) is 0.724. The largest absolute Gasteiger partial charge is 0.397 e. The zero-order chi connectivity index (χ0) is 14.3. The fraction of sp³-hybridized carbons (Fsp3) is 0.154. The Morgan fingerprint density at radius 1 is 1.30 bits per heavy atom. The Bertz CT molecular complexity index is 800. The molecule has 2 aromatic heterocycles. The van der Waals surface area contributed by atoms with E-state index in [1.807, 2.05) is 31.2 Å². The maximum absolute atomic E-state index is 12.4. The standard InChI is InChI=1S/C13H14N6O/c1-8-13(15)9-4-2-3-5-10(9)19(8)12(20)7-18-6-11(14)16-17-18/h2-6H,7,14-15H2,1H3. The molecule has 0 amide bonds. The van der Waals surface area contributed by atoms with Gasteiger partial charge in [0.1, 0.15) is 6.54 Å². The molecule has 0 saturated heterocycles. The summed E-state index contributed by atoms with van der Waals surface area (Å²) in [5.41, 5.74) is 13.7. The first kappa shape index (κ1) is 12.2. The number of rotatable bonds is 2. The number of nitrogen functional groups attached to an aromatic ring is 2. The van der Waals surface area contributed by atoms with Crippen LogP contribution in [0.3, 0.4) is 0 Å². The average molecular weight is 270 g/mol. The first-order valence-corrected chi connectivity index (χ1v) is 6.12. The third kappa shape index (κ3) is 1.80. The van der Waals surface area contributed by atoms with Crippen LogP contribution in [0.25, 0.3) is 10.9 Å². The van der Waals surface area contributed by atoms with Crippen molar-refractivity contribution in [3.05, 3.63) is 36.2 Å². The van der Waals surface area contributed by atoms with Gasteiger partial charge in [-0.2, -0.15) is 0 Å². The van der Waals surface area contributed by atoms with Crippen LogP contribution in [0.4, 0.5) is 11.5 Å². The molecule has 4 N–H and O–H groups in total. The lowest BCUT2D eigenvalue weighted by molar-refractivity contribution is 0.0889. The van der Waals surface area contributed by atoms with Gasteiger partial charge in [0.25, 0.3) is 5.91 Å². The van der Waals surface area contributed by atoms with Crippen LogP contribution >= 0.6 is 0 Å². The van der Waals surface area contributed by atoms with E-state index >= 15 is 0 Å². The molecular weight excluding hydrogens is 256 g/mol. The van der Waals surface area contributed by atoms with Gasteiger partial charge in [0.15, 0.2) is 5.82 Å². The van der Waals surface area contributed by atoms with Gasteiger partial charge in [-0.25, -0.2) is 4.68 Å². The predicted molar refractivity (Wildman–Crippen MR) is 76.1 cm³/mol. The summed E-state index contributed by atoms with van der Waals surface area (Å²) < 4.78 is 3.00. The van der Waals surface area contributed by atoms with Crippen molar-refractivity contribution in [2.45, 2.75) is 13.5 Å². The number of hydrogen-bond acceptors (Lipinski definition) is 5. The van der Waals surface area contributed by atoms with Crippen LogP contribution in [0.1, 0.15) is 10.5 Å². The topological polar surface area (TPSA) is 105 Å². The van der Waals surface area contributed by atoms with Crippen molar-refractivity contribution >= 4 is 28.3 Å². The van der Waals surface area contributed by atoms with Gasteiger partial charge in [-0.15, -0.1) is 5.10 Å². The summed E-state index contributed by atoms with van der Waals surface area (Å²) in [6.07, 6.45) is 1.52. The van der Waals surface area contributed by atoms with Crippen LogP contribution in [0.15, 0.2) is 30.5 Å². The summed E-state index contributed by atoms with van der Waals surface area (Å²) in [5.74, 6) is 0.145. The van der Waals surface area contributed by atoms with Gasteiger partial charge in [-0.1, -0.05) is 23.4 Å². The molecule has 0 spiro atoms. The van der Waals surface area contributed by atoms with Crippen molar-refractivity contribution < 1.29 is 4.79 Å². The average Bonchev–Trinajstić information content (AvgIpc) is 2.93. The van der Waals surface area contributed by atoms with Gasteiger partial charge in [0, 0.05) is 11.1 Å². The minimum Gasteiger partial charge on any atom is -0.397 e. The summed E-state index contributed by atoms with van der Waals surface area (Å²) in [6.45, 7) is 1.88. The Balaban J connectivity index is 2.05. The number of hydrogen-bond donors (Lipinski definition) is 2. The summed E-state index contributed by atoms with van der Waals surface area (Å²) in [5, 5.41) is 8.30. The van der Waals surface area contributed by atoms with Gasteiger partial charge >= 0.3 is 0 Å². The molecule has 0 radical (unpaired) electrons. The highest BCUT2D eigenvalue weighted by molar-refractivity contribution is 6.01. The first-order chi connectivity index (χ1) is 9.58.